The highest BCUT2D eigenvalue weighted by molar-refractivity contribution is 5.76. The summed E-state index contributed by atoms with van der Waals surface area (Å²) >= 11 is 0. The fourth-order valence-corrected chi connectivity index (χ4v) is 1.79. The maximum atomic E-state index is 11.2. The first-order valence-corrected chi connectivity index (χ1v) is 5.91. The van der Waals surface area contributed by atoms with Crippen LogP contribution in [0.1, 0.15) is 38.7 Å². The first-order chi connectivity index (χ1) is 8.40. The SMILES string of the molecule is CC(=O)Oc1ccc([C@H](CC(C)C)C(=O)O)cc1. The van der Waals surface area contributed by atoms with Gasteiger partial charge in [-0.1, -0.05) is 26.0 Å². The largest absolute Gasteiger partial charge is 0.481 e. The van der Waals surface area contributed by atoms with E-state index in [4.69, 9.17) is 4.74 Å². The van der Waals surface area contributed by atoms with Crippen LogP contribution in [0.5, 0.6) is 5.75 Å². The van der Waals surface area contributed by atoms with Gasteiger partial charge in [-0.25, -0.2) is 0 Å². The monoisotopic (exact) mass is 250 g/mol. The molecular weight excluding hydrogens is 232 g/mol. The zero-order chi connectivity index (χ0) is 13.7. The molecule has 98 valence electrons. The summed E-state index contributed by atoms with van der Waals surface area (Å²) in [5.41, 5.74) is 0.729. The molecule has 1 aromatic carbocycles. The third kappa shape index (κ3) is 4.20. The van der Waals surface area contributed by atoms with E-state index < -0.39 is 11.9 Å². The Morgan fingerprint density at radius 1 is 1.22 bits per heavy atom. The minimum atomic E-state index is -0.830. The number of rotatable bonds is 5. The molecule has 0 aliphatic rings. The molecule has 0 aromatic heterocycles. The lowest BCUT2D eigenvalue weighted by Crippen LogP contribution is -2.14. The Morgan fingerprint density at radius 3 is 2.17 bits per heavy atom. The molecule has 4 heteroatoms. The molecule has 1 N–H and O–H groups in total. The topological polar surface area (TPSA) is 63.6 Å². The lowest BCUT2D eigenvalue weighted by molar-refractivity contribution is -0.139. The second kappa shape index (κ2) is 6.19. The van der Waals surface area contributed by atoms with Gasteiger partial charge in [0.2, 0.25) is 0 Å². The molecule has 0 bridgehead atoms. The number of carboxylic acid groups (broad SMARTS) is 1. The Kier molecular flexibility index (Phi) is 4.89. The second-order valence-electron chi connectivity index (χ2n) is 4.68. The van der Waals surface area contributed by atoms with Gasteiger partial charge in [0.25, 0.3) is 0 Å². The third-order valence-corrected chi connectivity index (χ3v) is 2.55. The zero-order valence-electron chi connectivity index (χ0n) is 10.8. The Labute approximate surface area is 107 Å². The summed E-state index contributed by atoms with van der Waals surface area (Å²) in [6.07, 6.45) is 0.586. The lowest BCUT2D eigenvalue weighted by Gasteiger charge is -2.15. The highest BCUT2D eigenvalue weighted by atomic mass is 16.5. The van der Waals surface area contributed by atoms with E-state index in [9.17, 15) is 14.7 Å². The molecular formula is C14H18O4. The number of hydrogen-bond donors (Lipinski definition) is 1. The Balaban J connectivity index is 2.86. The average Bonchev–Trinajstić information content (AvgIpc) is 2.26. The van der Waals surface area contributed by atoms with Crippen molar-refractivity contribution in [1.82, 2.24) is 0 Å². The molecule has 1 atom stereocenters. The van der Waals surface area contributed by atoms with Gasteiger partial charge >= 0.3 is 11.9 Å². The Bertz CT molecular complexity index is 420. The van der Waals surface area contributed by atoms with Gasteiger partial charge in [-0.15, -0.1) is 0 Å². The molecule has 0 saturated carbocycles. The van der Waals surface area contributed by atoms with Gasteiger partial charge in [0, 0.05) is 6.92 Å². The number of ether oxygens (including phenoxy) is 1. The maximum absolute atomic E-state index is 11.2. The van der Waals surface area contributed by atoms with Crippen molar-refractivity contribution in [3.05, 3.63) is 29.8 Å². The highest BCUT2D eigenvalue weighted by Gasteiger charge is 2.20. The number of esters is 1. The van der Waals surface area contributed by atoms with Crippen LogP contribution in [0.25, 0.3) is 0 Å². The fraction of sp³-hybridized carbons (Fsp3) is 0.429. The normalized spacial score (nSPS) is 12.2. The van der Waals surface area contributed by atoms with Crippen LogP contribution in [0, 0.1) is 5.92 Å². The van der Waals surface area contributed by atoms with Gasteiger partial charge in [-0.05, 0) is 30.0 Å². The van der Waals surface area contributed by atoms with Crippen molar-refractivity contribution in [3.63, 3.8) is 0 Å². The minimum absolute atomic E-state index is 0.305. The van der Waals surface area contributed by atoms with Crippen molar-refractivity contribution in [2.24, 2.45) is 5.92 Å². The van der Waals surface area contributed by atoms with E-state index in [1.54, 1.807) is 24.3 Å². The summed E-state index contributed by atoms with van der Waals surface area (Å²) in [6.45, 7) is 5.30. The summed E-state index contributed by atoms with van der Waals surface area (Å²) in [6, 6.07) is 6.62. The molecule has 0 fully saturated rings. The van der Waals surface area contributed by atoms with Crippen LogP contribution in [0.3, 0.4) is 0 Å². The first-order valence-electron chi connectivity index (χ1n) is 5.91. The summed E-state index contributed by atoms with van der Waals surface area (Å²) in [7, 11) is 0. The van der Waals surface area contributed by atoms with Gasteiger partial charge < -0.3 is 9.84 Å². The number of carbonyl (C=O) groups is 2. The van der Waals surface area contributed by atoms with E-state index in [0.29, 0.717) is 18.1 Å². The van der Waals surface area contributed by atoms with Gasteiger partial charge in [0.15, 0.2) is 0 Å². The number of benzene rings is 1. The van der Waals surface area contributed by atoms with Crippen LogP contribution in [0.2, 0.25) is 0 Å². The van der Waals surface area contributed by atoms with E-state index in [1.165, 1.54) is 6.92 Å². The number of aliphatic carboxylic acids is 1. The third-order valence-electron chi connectivity index (χ3n) is 2.55. The van der Waals surface area contributed by atoms with Crippen molar-refractivity contribution >= 4 is 11.9 Å². The first kappa shape index (κ1) is 14.2. The second-order valence-corrected chi connectivity index (χ2v) is 4.68. The van der Waals surface area contributed by atoms with Crippen LogP contribution < -0.4 is 4.74 Å². The predicted molar refractivity (Wildman–Crippen MR) is 67.6 cm³/mol. The molecule has 4 nitrogen and oxygen atoms in total. The van der Waals surface area contributed by atoms with Gasteiger partial charge in [0.05, 0.1) is 5.92 Å². The maximum Gasteiger partial charge on any atom is 0.310 e. The smallest absolute Gasteiger partial charge is 0.310 e. The molecule has 1 aromatic rings. The van der Waals surface area contributed by atoms with E-state index >= 15 is 0 Å². The molecule has 1 rings (SSSR count). The van der Waals surface area contributed by atoms with Crippen molar-refractivity contribution in [2.45, 2.75) is 33.1 Å². The van der Waals surface area contributed by atoms with Crippen molar-refractivity contribution in [1.29, 1.82) is 0 Å². The van der Waals surface area contributed by atoms with Gasteiger partial charge in [-0.2, -0.15) is 0 Å². The van der Waals surface area contributed by atoms with Crippen molar-refractivity contribution in [2.75, 3.05) is 0 Å². The average molecular weight is 250 g/mol. The van der Waals surface area contributed by atoms with Crippen LogP contribution in [0.15, 0.2) is 24.3 Å². The van der Waals surface area contributed by atoms with Crippen molar-refractivity contribution < 1.29 is 19.4 Å². The van der Waals surface area contributed by atoms with Gasteiger partial charge in [-0.3, -0.25) is 9.59 Å². The number of carboxylic acids is 1. The Hall–Kier alpha value is -1.84. The molecule has 0 amide bonds. The molecule has 0 heterocycles. The summed E-state index contributed by atoms with van der Waals surface area (Å²) in [4.78, 5) is 22.0. The number of carbonyl (C=O) groups excluding carboxylic acids is 1. The molecule has 0 spiro atoms. The van der Waals surface area contributed by atoms with Gasteiger partial charge in [0.1, 0.15) is 5.75 Å². The highest BCUT2D eigenvalue weighted by Crippen LogP contribution is 2.26. The van der Waals surface area contributed by atoms with Crippen molar-refractivity contribution in [3.8, 4) is 5.75 Å². The molecule has 18 heavy (non-hydrogen) atoms. The molecule has 0 aliphatic carbocycles. The summed E-state index contributed by atoms with van der Waals surface area (Å²) in [5.74, 6) is -1.00. The van der Waals surface area contributed by atoms with E-state index in [2.05, 4.69) is 0 Å². The lowest BCUT2D eigenvalue weighted by atomic mass is 9.90. The summed E-state index contributed by atoms with van der Waals surface area (Å²) < 4.78 is 4.90. The van der Waals surface area contributed by atoms with Crippen LogP contribution in [0.4, 0.5) is 0 Å². The minimum Gasteiger partial charge on any atom is -0.481 e. The molecule has 0 aliphatic heterocycles. The summed E-state index contributed by atoms with van der Waals surface area (Å²) in [5, 5.41) is 9.20. The number of hydrogen-bond acceptors (Lipinski definition) is 3. The van der Waals surface area contributed by atoms with Crippen LogP contribution in [-0.2, 0) is 9.59 Å². The van der Waals surface area contributed by atoms with E-state index in [0.717, 1.165) is 5.56 Å². The Morgan fingerprint density at radius 2 is 1.78 bits per heavy atom. The molecule has 0 radical (unpaired) electrons. The quantitative estimate of drug-likeness (QED) is 0.644. The fourth-order valence-electron chi connectivity index (χ4n) is 1.79. The molecule has 0 unspecified atom stereocenters. The van der Waals surface area contributed by atoms with E-state index in [1.807, 2.05) is 13.8 Å². The standard InChI is InChI=1S/C14H18O4/c1-9(2)8-13(14(16)17)11-4-6-12(7-5-11)18-10(3)15/h4-7,9,13H,8H2,1-3H3,(H,16,17)/t13-/m0/s1. The van der Waals surface area contributed by atoms with Crippen LogP contribution >= 0.6 is 0 Å². The van der Waals surface area contributed by atoms with Crippen LogP contribution in [-0.4, -0.2) is 17.0 Å². The zero-order valence-corrected chi connectivity index (χ0v) is 10.8. The van der Waals surface area contributed by atoms with E-state index in [-0.39, 0.29) is 5.97 Å². The molecule has 0 saturated heterocycles. The predicted octanol–water partition coefficient (Wildman–Crippen LogP) is 2.83.